The Balaban J connectivity index is 1.98. The highest BCUT2D eigenvalue weighted by atomic mass is 35.5. The standard InChI is InChI=1S/C18H22ClNS/c1-13-8-14(2)10-15(9-13)11-16(20-3)12-21-18-7-5-4-6-17(18)19/h4-10,16,20H,11-12H2,1-3H3. The van der Waals surface area contributed by atoms with Gasteiger partial charge >= 0.3 is 0 Å². The van der Waals surface area contributed by atoms with E-state index < -0.39 is 0 Å². The van der Waals surface area contributed by atoms with Gasteiger partial charge in [0.05, 0.1) is 5.02 Å². The summed E-state index contributed by atoms with van der Waals surface area (Å²) in [6, 6.07) is 15.2. The Labute approximate surface area is 137 Å². The number of halogens is 1. The second kappa shape index (κ2) is 7.88. The molecular weight excluding hydrogens is 298 g/mol. The summed E-state index contributed by atoms with van der Waals surface area (Å²) in [6.45, 7) is 4.31. The lowest BCUT2D eigenvalue weighted by Crippen LogP contribution is -2.30. The van der Waals surface area contributed by atoms with Gasteiger partial charge in [0.1, 0.15) is 0 Å². The van der Waals surface area contributed by atoms with Gasteiger partial charge in [-0.3, -0.25) is 0 Å². The molecule has 0 saturated heterocycles. The van der Waals surface area contributed by atoms with Gasteiger partial charge < -0.3 is 5.32 Å². The number of benzene rings is 2. The Kier molecular flexibility index (Phi) is 6.16. The number of hydrogen-bond donors (Lipinski definition) is 1. The molecule has 1 atom stereocenters. The highest BCUT2D eigenvalue weighted by Crippen LogP contribution is 2.27. The van der Waals surface area contributed by atoms with Crippen LogP contribution in [0.5, 0.6) is 0 Å². The maximum Gasteiger partial charge on any atom is 0.0541 e. The molecule has 0 aliphatic carbocycles. The third kappa shape index (κ3) is 5.06. The normalized spacial score (nSPS) is 12.4. The molecule has 2 aromatic carbocycles. The zero-order chi connectivity index (χ0) is 15.2. The molecule has 0 spiro atoms. The number of aryl methyl sites for hydroxylation is 2. The minimum Gasteiger partial charge on any atom is -0.316 e. The zero-order valence-corrected chi connectivity index (χ0v) is 14.4. The van der Waals surface area contributed by atoms with Crippen LogP contribution < -0.4 is 5.32 Å². The predicted octanol–water partition coefficient (Wildman–Crippen LogP) is 4.88. The second-order valence-corrected chi connectivity index (χ2v) is 6.90. The van der Waals surface area contributed by atoms with E-state index in [1.807, 2.05) is 37.0 Å². The fraction of sp³-hybridized carbons (Fsp3) is 0.333. The maximum absolute atomic E-state index is 6.21. The van der Waals surface area contributed by atoms with Gasteiger partial charge in [0.25, 0.3) is 0 Å². The monoisotopic (exact) mass is 319 g/mol. The first kappa shape index (κ1) is 16.4. The van der Waals surface area contributed by atoms with Crippen molar-refractivity contribution in [2.45, 2.75) is 31.2 Å². The van der Waals surface area contributed by atoms with Gasteiger partial charge in [0.15, 0.2) is 0 Å². The van der Waals surface area contributed by atoms with E-state index in [9.17, 15) is 0 Å². The Morgan fingerprint density at radius 1 is 1.10 bits per heavy atom. The Hall–Kier alpha value is -0.960. The van der Waals surface area contributed by atoms with E-state index in [0.717, 1.165) is 22.1 Å². The molecule has 3 heteroatoms. The van der Waals surface area contributed by atoms with E-state index in [2.05, 4.69) is 43.4 Å². The first-order valence-corrected chi connectivity index (χ1v) is 8.56. The van der Waals surface area contributed by atoms with Crippen LogP contribution in [0.25, 0.3) is 0 Å². The number of thioether (sulfide) groups is 1. The summed E-state index contributed by atoms with van der Waals surface area (Å²) in [7, 11) is 2.03. The van der Waals surface area contributed by atoms with Crippen LogP contribution in [0, 0.1) is 13.8 Å². The molecule has 1 N–H and O–H groups in total. The lowest BCUT2D eigenvalue weighted by atomic mass is 10.0. The van der Waals surface area contributed by atoms with Crippen LogP contribution in [0.4, 0.5) is 0 Å². The van der Waals surface area contributed by atoms with Gasteiger partial charge in [-0.25, -0.2) is 0 Å². The van der Waals surface area contributed by atoms with Crippen molar-refractivity contribution in [1.82, 2.24) is 5.32 Å². The first-order valence-electron chi connectivity index (χ1n) is 7.20. The SMILES string of the molecule is CNC(CSc1ccccc1Cl)Cc1cc(C)cc(C)c1. The van der Waals surface area contributed by atoms with Crippen LogP contribution in [0.3, 0.4) is 0 Å². The Bertz CT molecular complexity index is 577. The van der Waals surface area contributed by atoms with Crippen LogP contribution in [0.15, 0.2) is 47.4 Å². The topological polar surface area (TPSA) is 12.0 Å². The van der Waals surface area contributed by atoms with Crippen LogP contribution >= 0.6 is 23.4 Å². The van der Waals surface area contributed by atoms with E-state index in [1.165, 1.54) is 16.7 Å². The summed E-state index contributed by atoms with van der Waals surface area (Å²) < 4.78 is 0. The highest BCUT2D eigenvalue weighted by molar-refractivity contribution is 7.99. The smallest absolute Gasteiger partial charge is 0.0541 e. The molecule has 112 valence electrons. The van der Waals surface area contributed by atoms with Gasteiger partial charge in [-0.15, -0.1) is 11.8 Å². The minimum atomic E-state index is 0.437. The van der Waals surface area contributed by atoms with E-state index in [0.29, 0.717) is 6.04 Å². The van der Waals surface area contributed by atoms with Crippen molar-refractivity contribution in [3.63, 3.8) is 0 Å². The number of hydrogen-bond acceptors (Lipinski definition) is 2. The summed E-state index contributed by atoms with van der Waals surface area (Å²) in [5.74, 6) is 1.01. The van der Waals surface area contributed by atoms with E-state index in [4.69, 9.17) is 11.6 Å². The third-order valence-corrected chi connectivity index (χ3v) is 5.13. The van der Waals surface area contributed by atoms with Crippen molar-refractivity contribution in [2.24, 2.45) is 0 Å². The van der Waals surface area contributed by atoms with Gasteiger partial charge in [0.2, 0.25) is 0 Å². The molecule has 2 rings (SSSR count). The Morgan fingerprint density at radius 3 is 2.38 bits per heavy atom. The van der Waals surface area contributed by atoms with E-state index in [1.54, 1.807) is 0 Å². The molecular formula is C18H22ClNS. The van der Waals surface area contributed by atoms with Crippen molar-refractivity contribution >= 4 is 23.4 Å². The van der Waals surface area contributed by atoms with Gasteiger partial charge in [-0.05, 0) is 45.0 Å². The summed E-state index contributed by atoms with van der Waals surface area (Å²) in [4.78, 5) is 1.15. The highest BCUT2D eigenvalue weighted by Gasteiger charge is 2.10. The molecule has 0 heterocycles. The average Bonchev–Trinajstić information content (AvgIpc) is 2.44. The van der Waals surface area contributed by atoms with Crippen LogP contribution in [-0.4, -0.2) is 18.8 Å². The average molecular weight is 320 g/mol. The fourth-order valence-corrected chi connectivity index (χ4v) is 3.81. The molecule has 1 nitrogen and oxygen atoms in total. The molecule has 0 saturated carbocycles. The van der Waals surface area contributed by atoms with Crippen molar-refractivity contribution in [1.29, 1.82) is 0 Å². The molecule has 0 bridgehead atoms. The lowest BCUT2D eigenvalue weighted by Gasteiger charge is -2.17. The summed E-state index contributed by atoms with van der Waals surface area (Å²) in [6.07, 6.45) is 1.04. The number of nitrogens with one attached hydrogen (secondary N) is 1. The first-order chi connectivity index (χ1) is 10.1. The number of likely N-dealkylation sites (N-methyl/N-ethyl adjacent to an activating group) is 1. The molecule has 0 aromatic heterocycles. The largest absolute Gasteiger partial charge is 0.316 e. The van der Waals surface area contributed by atoms with E-state index in [-0.39, 0.29) is 0 Å². The molecule has 0 radical (unpaired) electrons. The summed E-state index contributed by atoms with van der Waals surface area (Å²) in [5, 5.41) is 4.25. The van der Waals surface area contributed by atoms with Crippen molar-refractivity contribution in [3.05, 3.63) is 64.2 Å². The molecule has 1 unspecified atom stereocenters. The molecule has 0 fully saturated rings. The zero-order valence-electron chi connectivity index (χ0n) is 12.8. The molecule has 0 aliphatic heterocycles. The van der Waals surface area contributed by atoms with Crippen molar-refractivity contribution in [3.8, 4) is 0 Å². The van der Waals surface area contributed by atoms with Gasteiger partial charge in [-0.2, -0.15) is 0 Å². The lowest BCUT2D eigenvalue weighted by molar-refractivity contribution is 0.617. The van der Waals surface area contributed by atoms with Crippen LogP contribution in [0.2, 0.25) is 5.02 Å². The fourth-order valence-electron chi connectivity index (χ4n) is 2.47. The third-order valence-electron chi connectivity index (χ3n) is 3.45. The molecule has 0 aliphatic rings. The summed E-state index contributed by atoms with van der Waals surface area (Å²) in [5.41, 5.74) is 4.06. The second-order valence-electron chi connectivity index (χ2n) is 5.43. The molecule has 21 heavy (non-hydrogen) atoms. The van der Waals surface area contributed by atoms with Crippen LogP contribution in [-0.2, 0) is 6.42 Å². The van der Waals surface area contributed by atoms with Crippen molar-refractivity contribution in [2.75, 3.05) is 12.8 Å². The predicted molar refractivity (Wildman–Crippen MR) is 94.6 cm³/mol. The van der Waals surface area contributed by atoms with E-state index >= 15 is 0 Å². The van der Waals surface area contributed by atoms with Gasteiger partial charge in [0, 0.05) is 16.7 Å². The molecule has 0 amide bonds. The quantitative estimate of drug-likeness (QED) is 0.762. The Morgan fingerprint density at radius 2 is 1.76 bits per heavy atom. The number of rotatable bonds is 6. The summed E-state index contributed by atoms with van der Waals surface area (Å²) >= 11 is 8.02. The molecule has 2 aromatic rings. The maximum atomic E-state index is 6.21. The minimum absolute atomic E-state index is 0.437. The van der Waals surface area contributed by atoms with Crippen molar-refractivity contribution < 1.29 is 0 Å². The van der Waals surface area contributed by atoms with Crippen LogP contribution in [0.1, 0.15) is 16.7 Å². The van der Waals surface area contributed by atoms with Gasteiger partial charge in [-0.1, -0.05) is 53.1 Å².